The third-order valence-corrected chi connectivity index (χ3v) is 3.08. The largest absolute Gasteiger partial charge is 0.251 e. The molecule has 0 aliphatic rings. The Morgan fingerprint density at radius 3 is 1.93 bits per heavy atom. The van der Waals surface area contributed by atoms with E-state index in [0.29, 0.717) is 6.42 Å². The monoisotopic (exact) mass is 194 g/mol. The first-order valence-corrected chi connectivity index (χ1v) is 5.20. The Balaban J connectivity index is 3.11. The van der Waals surface area contributed by atoms with Crippen LogP contribution in [0.2, 0.25) is 0 Å². The van der Waals surface area contributed by atoms with Gasteiger partial charge in [0.1, 0.15) is 0 Å². The van der Waals surface area contributed by atoms with Crippen LogP contribution in [-0.2, 0) is 6.42 Å². The number of benzene rings is 1. The summed E-state index contributed by atoms with van der Waals surface area (Å²) in [6.45, 7) is 8.30. The summed E-state index contributed by atoms with van der Waals surface area (Å²) in [5.41, 5.74) is 6.66. The minimum Gasteiger partial charge on any atom is -0.251 e. The molecule has 1 rings (SSSR count). The molecule has 0 fully saturated rings. The van der Waals surface area contributed by atoms with Gasteiger partial charge >= 0.3 is 0 Å². The SMILES string of the molecule is Cc1cc(C)c(C)c(CCCF)c1C. The first-order chi connectivity index (χ1) is 6.57. The van der Waals surface area contributed by atoms with Crippen LogP contribution in [-0.4, -0.2) is 6.67 Å². The van der Waals surface area contributed by atoms with Gasteiger partial charge in [0, 0.05) is 0 Å². The second-order valence-corrected chi connectivity index (χ2v) is 4.03. The molecule has 0 unspecified atom stereocenters. The predicted octanol–water partition coefficient (Wildman–Crippen LogP) is 3.82. The summed E-state index contributed by atoms with van der Waals surface area (Å²) in [4.78, 5) is 0. The fraction of sp³-hybridized carbons (Fsp3) is 0.538. The molecule has 0 spiro atoms. The summed E-state index contributed by atoms with van der Waals surface area (Å²) in [5.74, 6) is 0. The van der Waals surface area contributed by atoms with Crippen molar-refractivity contribution in [1.82, 2.24) is 0 Å². The van der Waals surface area contributed by atoms with Crippen LogP contribution < -0.4 is 0 Å². The van der Waals surface area contributed by atoms with Gasteiger partial charge in [-0.3, -0.25) is 4.39 Å². The average Bonchev–Trinajstić information content (AvgIpc) is 2.15. The molecule has 0 atom stereocenters. The summed E-state index contributed by atoms with van der Waals surface area (Å²) in [6, 6.07) is 2.21. The fourth-order valence-electron chi connectivity index (χ4n) is 1.92. The zero-order valence-corrected chi connectivity index (χ0v) is 9.58. The van der Waals surface area contributed by atoms with E-state index in [9.17, 15) is 4.39 Å². The molecule has 0 bridgehead atoms. The van der Waals surface area contributed by atoms with Gasteiger partial charge in [-0.05, 0) is 68.4 Å². The van der Waals surface area contributed by atoms with E-state index in [-0.39, 0.29) is 6.67 Å². The Morgan fingerprint density at radius 1 is 1.00 bits per heavy atom. The average molecular weight is 194 g/mol. The van der Waals surface area contributed by atoms with Gasteiger partial charge in [0.05, 0.1) is 6.67 Å². The van der Waals surface area contributed by atoms with Crippen LogP contribution in [0.1, 0.15) is 34.2 Å². The number of hydrogen-bond donors (Lipinski definition) is 0. The summed E-state index contributed by atoms with van der Waals surface area (Å²) >= 11 is 0. The summed E-state index contributed by atoms with van der Waals surface area (Å²) in [5, 5.41) is 0. The molecule has 14 heavy (non-hydrogen) atoms. The second kappa shape index (κ2) is 4.59. The highest BCUT2D eigenvalue weighted by atomic mass is 19.1. The number of aryl methyl sites for hydroxylation is 2. The van der Waals surface area contributed by atoms with Crippen LogP contribution in [0.4, 0.5) is 4.39 Å². The molecule has 78 valence electrons. The van der Waals surface area contributed by atoms with E-state index in [4.69, 9.17) is 0 Å². The highest BCUT2D eigenvalue weighted by Crippen LogP contribution is 2.22. The van der Waals surface area contributed by atoms with Crippen molar-refractivity contribution in [1.29, 1.82) is 0 Å². The minimum atomic E-state index is -0.216. The summed E-state index contributed by atoms with van der Waals surface area (Å²) in [6.07, 6.45) is 1.52. The molecule has 0 radical (unpaired) electrons. The lowest BCUT2D eigenvalue weighted by Gasteiger charge is -2.14. The standard InChI is InChI=1S/C13H19F/c1-9-8-10(2)12(4)13(11(9)3)6-5-7-14/h8H,5-7H2,1-4H3. The van der Waals surface area contributed by atoms with Gasteiger partial charge in [-0.2, -0.15) is 0 Å². The first-order valence-electron chi connectivity index (χ1n) is 5.20. The van der Waals surface area contributed by atoms with Crippen molar-refractivity contribution in [2.24, 2.45) is 0 Å². The Morgan fingerprint density at radius 2 is 1.50 bits per heavy atom. The van der Waals surface area contributed by atoms with Crippen molar-refractivity contribution >= 4 is 0 Å². The molecule has 0 amide bonds. The zero-order chi connectivity index (χ0) is 10.7. The highest BCUT2D eigenvalue weighted by Gasteiger charge is 2.07. The van der Waals surface area contributed by atoms with Crippen LogP contribution in [0, 0.1) is 27.7 Å². The Kier molecular flexibility index (Phi) is 3.68. The van der Waals surface area contributed by atoms with Gasteiger partial charge in [-0.1, -0.05) is 6.07 Å². The summed E-state index contributed by atoms with van der Waals surface area (Å²) < 4.78 is 12.1. The van der Waals surface area contributed by atoms with Crippen molar-refractivity contribution in [3.05, 3.63) is 33.9 Å². The molecule has 0 aliphatic carbocycles. The molecule has 0 N–H and O–H groups in total. The molecule has 0 saturated carbocycles. The van der Waals surface area contributed by atoms with E-state index in [1.807, 2.05) is 0 Å². The van der Waals surface area contributed by atoms with Gasteiger partial charge < -0.3 is 0 Å². The number of hydrogen-bond acceptors (Lipinski definition) is 0. The lowest BCUT2D eigenvalue weighted by molar-refractivity contribution is 0.472. The lowest BCUT2D eigenvalue weighted by atomic mass is 9.92. The number of halogens is 1. The van der Waals surface area contributed by atoms with Gasteiger partial charge in [0.15, 0.2) is 0 Å². The normalized spacial score (nSPS) is 10.6. The van der Waals surface area contributed by atoms with E-state index in [0.717, 1.165) is 6.42 Å². The second-order valence-electron chi connectivity index (χ2n) is 4.03. The fourth-order valence-corrected chi connectivity index (χ4v) is 1.92. The van der Waals surface area contributed by atoms with Gasteiger partial charge in [-0.25, -0.2) is 0 Å². The molecule has 0 nitrogen and oxygen atoms in total. The van der Waals surface area contributed by atoms with Crippen molar-refractivity contribution < 1.29 is 4.39 Å². The number of rotatable bonds is 3. The van der Waals surface area contributed by atoms with E-state index in [1.165, 1.54) is 27.8 Å². The highest BCUT2D eigenvalue weighted by molar-refractivity contribution is 5.43. The van der Waals surface area contributed by atoms with Gasteiger partial charge in [-0.15, -0.1) is 0 Å². The van der Waals surface area contributed by atoms with Crippen molar-refractivity contribution in [2.75, 3.05) is 6.67 Å². The van der Waals surface area contributed by atoms with Crippen LogP contribution in [0.3, 0.4) is 0 Å². The van der Waals surface area contributed by atoms with Crippen molar-refractivity contribution in [3.63, 3.8) is 0 Å². The first kappa shape index (κ1) is 11.2. The molecule has 1 aromatic carbocycles. The van der Waals surface area contributed by atoms with E-state index >= 15 is 0 Å². The molecular formula is C13H19F. The van der Waals surface area contributed by atoms with Crippen LogP contribution in [0.25, 0.3) is 0 Å². The van der Waals surface area contributed by atoms with Crippen LogP contribution in [0.5, 0.6) is 0 Å². The zero-order valence-electron chi connectivity index (χ0n) is 9.58. The maximum Gasteiger partial charge on any atom is 0.0897 e. The van der Waals surface area contributed by atoms with E-state index in [2.05, 4.69) is 33.8 Å². The third kappa shape index (κ3) is 2.14. The summed E-state index contributed by atoms with van der Waals surface area (Å²) in [7, 11) is 0. The van der Waals surface area contributed by atoms with E-state index in [1.54, 1.807) is 0 Å². The maximum atomic E-state index is 12.1. The van der Waals surface area contributed by atoms with E-state index < -0.39 is 0 Å². The molecule has 0 aliphatic heterocycles. The molecule has 0 saturated heterocycles. The topological polar surface area (TPSA) is 0 Å². The number of alkyl halides is 1. The molecule has 0 aromatic heterocycles. The van der Waals surface area contributed by atoms with Crippen molar-refractivity contribution in [3.8, 4) is 0 Å². The Hall–Kier alpha value is -0.850. The quantitative estimate of drug-likeness (QED) is 0.686. The molecule has 0 heterocycles. The van der Waals surface area contributed by atoms with Crippen LogP contribution in [0.15, 0.2) is 6.07 Å². The smallest absolute Gasteiger partial charge is 0.0897 e. The van der Waals surface area contributed by atoms with Crippen molar-refractivity contribution in [2.45, 2.75) is 40.5 Å². The Labute approximate surface area is 86.2 Å². The predicted molar refractivity (Wildman–Crippen MR) is 59.7 cm³/mol. The Bertz CT molecular complexity index is 300. The lowest BCUT2D eigenvalue weighted by Crippen LogP contribution is -2.00. The van der Waals surface area contributed by atoms with Crippen LogP contribution >= 0.6 is 0 Å². The third-order valence-electron chi connectivity index (χ3n) is 3.08. The molecule has 1 heteroatoms. The maximum absolute atomic E-state index is 12.1. The molecule has 1 aromatic rings. The molecular weight excluding hydrogens is 175 g/mol. The van der Waals surface area contributed by atoms with Gasteiger partial charge in [0.2, 0.25) is 0 Å². The van der Waals surface area contributed by atoms with Gasteiger partial charge in [0.25, 0.3) is 0 Å². The minimum absolute atomic E-state index is 0.216.